The van der Waals surface area contributed by atoms with Crippen LogP contribution in [0.25, 0.3) is 0 Å². The van der Waals surface area contributed by atoms with Gasteiger partial charge in [0.2, 0.25) is 0 Å². The lowest BCUT2D eigenvalue weighted by Crippen LogP contribution is -2.34. The molecule has 2 rings (SSSR count). The van der Waals surface area contributed by atoms with Gasteiger partial charge in [0.1, 0.15) is 5.82 Å². The molecule has 1 aromatic heterocycles. The van der Waals surface area contributed by atoms with E-state index in [-0.39, 0.29) is 5.41 Å². The van der Waals surface area contributed by atoms with E-state index in [1.807, 2.05) is 19.4 Å². The Balaban J connectivity index is 1.94. The molecule has 1 aliphatic rings. The van der Waals surface area contributed by atoms with Crippen LogP contribution in [-0.4, -0.2) is 28.6 Å². The second-order valence-electron chi connectivity index (χ2n) is 4.74. The van der Waals surface area contributed by atoms with E-state index in [1.165, 1.54) is 6.42 Å². The normalized spacial score (nSPS) is 25.9. The van der Waals surface area contributed by atoms with E-state index < -0.39 is 0 Å². The molecular formula is C12H19ClN2O. The van der Waals surface area contributed by atoms with Gasteiger partial charge in [-0.1, -0.05) is 0 Å². The SMILES string of the molecule is Cn1ccnc1CCC1(CCl)CCCOC1. The molecule has 1 aliphatic heterocycles. The van der Waals surface area contributed by atoms with E-state index >= 15 is 0 Å². The van der Waals surface area contributed by atoms with Crippen molar-refractivity contribution < 1.29 is 4.74 Å². The number of aromatic nitrogens is 2. The maximum absolute atomic E-state index is 6.11. The maximum Gasteiger partial charge on any atom is 0.108 e. The molecule has 2 heterocycles. The van der Waals surface area contributed by atoms with Gasteiger partial charge in [-0.3, -0.25) is 0 Å². The Morgan fingerprint density at radius 1 is 1.62 bits per heavy atom. The molecule has 1 atom stereocenters. The first-order valence-corrected chi connectivity index (χ1v) is 6.39. The van der Waals surface area contributed by atoms with Gasteiger partial charge >= 0.3 is 0 Å². The highest BCUT2D eigenvalue weighted by Crippen LogP contribution is 2.34. The average molecular weight is 243 g/mol. The summed E-state index contributed by atoms with van der Waals surface area (Å²) in [5.74, 6) is 1.83. The molecule has 0 saturated carbocycles. The fourth-order valence-corrected chi connectivity index (χ4v) is 2.64. The summed E-state index contributed by atoms with van der Waals surface area (Å²) in [4.78, 5) is 4.34. The van der Waals surface area contributed by atoms with Crippen LogP contribution in [-0.2, 0) is 18.2 Å². The number of imidazole rings is 1. The molecule has 0 aliphatic carbocycles. The Kier molecular flexibility index (Phi) is 3.87. The minimum absolute atomic E-state index is 0.172. The standard InChI is InChI=1S/C12H19ClN2O/c1-15-7-6-14-11(15)3-5-12(9-13)4-2-8-16-10-12/h6-7H,2-5,8-10H2,1H3. The van der Waals surface area contributed by atoms with Crippen LogP contribution in [0, 0.1) is 5.41 Å². The fourth-order valence-electron chi connectivity index (χ4n) is 2.29. The van der Waals surface area contributed by atoms with Crippen LogP contribution in [0.4, 0.5) is 0 Å². The van der Waals surface area contributed by atoms with Gasteiger partial charge in [0.15, 0.2) is 0 Å². The molecule has 0 amide bonds. The third kappa shape index (κ3) is 2.58. The average Bonchev–Trinajstić information content (AvgIpc) is 2.74. The topological polar surface area (TPSA) is 27.1 Å². The van der Waals surface area contributed by atoms with Crippen molar-refractivity contribution in [2.24, 2.45) is 12.5 Å². The molecule has 0 aromatic carbocycles. The first-order chi connectivity index (χ1) is 7.76. The van der Waals surface area contributed by atoms with Crippen LogP contribution < -0.4 is 0 Å². The van der Waals surface area contributed by atoms with Crippen LogP contribution in [0.5, 0.6) is 0 Å². The lowest BCUT2D eigenvalue weighted by molar-refractivity contribution is -0.0000344. The summed E-state index contributed by atoms with van der Waals surface area (Å²) in [6, 6.07) is 0. The van der Waals surface area contributed by atoms with Crippen molar-refractivity contribution in [3.8, 4) is 0 Å². The highest BCUT2D eigenvalue weighted by molar-refractivity contribution is 6.18. The first-order valence-electron chi connectivity index (χ1n) is 5.86. The van der Waals surface area contributed by atoms with Gasteiger partial charge in [-0.15, -0.1) is 11.6 Å². The Morgan fingerprint density at radius 2 is 2.50 bits per heavy atom. The number of halogens is 1. The largest absolute Gasteiger partial charge is 0.381 e. The predicted octanol–water partition coefficient (Wildman–Crippen LogP) is 2.39. The highest BCUT2D eigenvalue weighted by atomic mass is 35.5. The summed E-state index contributed by atoms with van der Waals surface area (Å²) in [6.45, 7) is 1.70. The van der Waals surface area contributed by atoms with E-state index in [9.17, 15) is 0 Å². The molecule has 1 aromatic rings. The predicted molar refractivity (Wildman–Crippen MR) is 64.7 cm³/mol. The van der Waals surface area contributed by atoms with Crippen molar-refractivity contribution in [1.82, 2.24) is 9.55 Å². The number of ether oxygens (including phenoxy) is 1. The lowest BCUT2D eigenvalue weighted by Gasteiger charge is -2.35. The van der Waals surface area contributed by atoms with Crippen molar-refractivity contribution in [1.29, 1.82) is 0 Å². The van der Waals surface area contributed by atoms with Gasteiger partial charge in [0, 0.05) is 43.8 Å². The summed E-state index contributed by atoms with van der Waals surface area (Å²) in [5, 5.41) is 0. The quantitative estimate of drug-likeness (QED) is 0.759. The van der Waals surface area contributed by atoms with E-state index in [1.54, 1.807) is 0 Å². The zero-order valence-corrected chi connectivity index (χ0v) is 10.5. The zero-order valence-electron chi connectivity index (χ0n) is 9.79. The molecule has 0 spiro atoms. The number of alkyl halides is 1. The van der Waals surface area contributed by atoms with Crippen molar-refractivity contribution in [2.75, 3.05) is 19.1 Å². The Morgan fingerprint density at radius 3 is 3.06 bits per heavy atom. The Hall–Kier alpha value is -0.540. The summed E-state index contributed by atoms with van der Waals surface area (Å²) in [7, 11) is 2.03. The molecule has 4 heteroatoms. The number of rotatable bonds is 4. The first kappa shape index (κ1) is 11.9. The number of hydrogen-bond acceptors (Lipinski definition) is 2. The minimum Gasteiger partial charge on any atom is -0.381 e. The van der Waals surface area contributed by atoms with Crippen LogP contribution in [0.2, 0.25) is 0 Å². The van der Waals surface area contributed by atoms with Crippen LogP contribution in [0.3, 0.4) is 0 Å². The lowest BCUT2D eigenvalue weighted by atomic mass is 9.80. The summed E-state index contributed by atoms with van der Waals surface area (Å²) < 4.78 is 7.64. The molecule has 3 nitrogen and oxygen atoms in total. The molecule has 0 bridgehead atoms. The number of nitrogens with zero attached hydrogens (tertiary/aromatic N) is 2. The molecule has 0 radical (unpaired) electrons. The fraction of sp³-hybridized carbons (Fsp3) is 0.750. The third-order valence-electron chi connectivity index (χ3n) is 3.49. The van der Waals surface area contributed by atoms with Gasteiger partial charge < -0.3 is 9.30 Å². The maximum atomic E-state index is 6.11. The Bertz CT molecular complexity index is 332. The molecule has 1 fully saturated rings. The minimum atomic E-state index is 0.172. The molecule has 1 saturated heterocycles. The molecule has 1 unspecified atom stereocenters. The second-order valence-corrected chi connectivity index (χ2v) is 5.01. The van der Waals surface area contributed by atoms with Crippen molar-refractivity contribution >= 4 is 11.6 Å². The van der Waals surface area contributed by atoms with Crippen LogP contribution in [0.1, 0.15) is 25.1 Å². The van der Waals surface area contributed by atoms with Crippen LogP contribution in [0.15, 0.2) is 12.4 Å². The summed E-state index contributed by atoms with van der Waals surface area (Å²) >= 11 is 6.11. The van der Waals surface area contributed by atoms with Crippen LogP contribution >= 0.6 is 11.6 Å². The van der Waals surface area contributed by atoms with Gasteiger partial charge in [-0.2, -0.15) is 0 Å². The van der Waals surface area contributed by atoms with E-state index in [0.717, 1.165) is 38.3 Å². The smallest absolute Gasteiger partial charge is 0.108 e. The third-order valence-corrected chi connectivity index (χ3v) is 4.05. The van der Waals surface area contributed by atoms with Crippen molar-refractivity contribution in [3.63, 3.8) is 0 Å². The molecule has 90 valence electrons. The van der Waals surface area contributed by atoms with Crippen molar-refractivity contribution in [3.05, 3.63) is 18.2 Å². The summed E-state index contributed by atoms with van der Waals surface area (Å²) in [6.07, 6.45) is 8.20. The molecular weight excluding hydrogens is 224 g/mol. The zero-order chi connectivity index (χ0) is 11.4. The van der Waals surface area contributed by atoms with Gasteiger partial charge in [-0.25, -0.2) is 4.98 Å². The van der Waals surface area contributed by atoms with Crippen molar-refractivity contribution in [2.45, 2.75) is 25.7 Å². The van der Waals surface area contributed by atoms with E-state index in [0.29, 0.717) is 5.88 Å². The number of hydrogen-bond donors (Lipinski definition) is 0. The van der Waals surface area contributed by atoms with E-state index in [2.05, 4.69) is 9.55 Å². The summed E-state index contributed by atoms with van der Waals surface area (Å²) in [5.41, 5.74) is 0.172. The van der Waals surface area contributed by atoms with E-state index in [4.69, 9.17) is 16.3 Å². The van der Waals surface area contributed by atoms with Gasteiger partial charge in [0.25, 0.3) is 0 Å². The van der Waals surface area contributed by atoms with Gasteiger partial charge in [-0.05, 0) is 19.3 Å². The molecule has 0 N–H and O–H groups in total. The second kappa shape index (κ2) is 5.19. The monoisotopic (exact) mass is 242 g/mol. The molecule has 16 heavy (non-hydrogen) atoms. The Labute approximate surface area is 102 Å². The van der Waals surface area contributed by atoms with Gasteiger partial charge in [0.05, 0.1) is 6.61 Å². The number of aryl methyl sites for hydroxylation is 2. The highest BCUT2D eigenvalue weighted by Gasteiger charge is 2.32.